The number of esters is 1. The quantitative estimate of drug-likeness (QED) is 0.600. The van der Waals surface area contributed by atoms with E-state index in [2.05, 4.69) is 0 Å². The third kappa shape index (κ3) is 2.72. The summed E-state index contributed by atoms with van der Waals surface area (Å²) < 4.78 is 5.36. The van der Waals surface area contributed by atoms with Gasteiger partial charge in [0.05, 0.1) is 5.41 Å². The fourth-order valence-corrected chi connectivity index (χ4v) is 1.27. The summed E-state index contributed by atoms with van der Waals surface area (Å²) >= 11 is 0. The van der Waals surface area contributed by atoms with E-state index in [0.29, 0.717) is 0 Å². The van der Waals surface area contributed by atoms with E-state index < -0.39 is 11.0 Å². The summed E-state index contributed by atoms with van der Waals surface area (Å²) in [5, 5.41) is 0. The van der Waals surface area contributed by atoms with Gasteiger partial charge in [0, 0.05) is 0 Å². The molecule has 0 amide bonds. The Morgan fingerprint density at radius 3 is 2.43 bits per heavy atom. The summed E-state index contributed by atoms with van der Waals surface area (Å²) in [5.74, 6) is -0.148. The van der Waals surface area contributed by atoms with Gasteiger partial charge in [-0.3, -0.25) is 4.79 Å². The van der Waals surface area contributed by atoms with E-state index in [1.54, 1.807) is 0 Å². The van der Waals surface area contributed by atoms with Gasteiger partial charge in [-0.2, -0.15) is 0 Å². The van der Waals surface area contributed by atoms with E-state index in [1.807, 2.05) is 52.0 Å². The molecule has 0 aromatic heterocycles. The summed E-state index contributed by atoms with van der Waals surface area (Å²) in [6.45, 7) is 7.56. The van der Waals surface area contributed by atoms with Gasteiger partial charge in [0.15, 0.2) is 0 Å². The molecule has 1 aliphatic carbocycles. The Hall–Kier alpha value is -1.05. The molecule has 0 aromatic rings. The predicted molar refractivity (Wildman–Crippen MR) is 56.8 cm³/mol. The van der Waals surface area contributed by atoms with Crippen LogP contribution in [0.4, 0.5) is 0 Å². The topological polar surface area (TPSA) is 26.3 Å². The standard InChI is InChI=1S/C12H18O2/c1-11(2,3)14-10(13)12(4)8-6-5-7-9-12/h5-8H,9H2,1-4H3. The number of hydrogen-bond donors (Lipinski definition) is 0. The molecule has 14 heavy (non-hydrogen) atoms. The minimum absolute atomic E-state index is 0.148. The number of rotatable bonds is 1. The Labute approximate surface area is 85.6 Å². The second kappa shape index (κ2) is 3.60. The lowest BCUT2D eigenvalue weighted by molar-refractivity contribution is -0.163. The van der Waals surface area contributed by atoms with Crippen LogP contribution in [0.15, 0.2) is 24.3 Å². The highest BCUT2D eigenvalue weighted by molar-refractivity contribution is 5.79. The lowest BCUT2D eigenvalue weighted by Crippen LogP contribution is -2.34. The smallest absolute Gasteiger partial charge is 0.316 e. The van der Waals surface area contributed by atoms with Crippen LogP contribution in [0, 0.1) is 5.41 Å². The second-order valence-electron chi connectivity index (χ2n) is 4.91. The highest BCUT2D eigenvalue weighted by Crippen LogP contribution is 2.30. The van der Waals surface area contributed by atoms with Crippen LogP contribution in [0.5, 0.6) is 0 Å². The van der Waals surface area contributed by atoms with E-state index in [1.165, 1.54) is 0 Å². The summed E-state index contributed by atoms with van der Waals surface area (Å²) in [4.78, 5) is 11.8. The minimum atomic E-state index is -0.484. The van der Waals surface area contributed by atoms with E-state index in [-0.39, 0.29) is 5.97 Å². The first-order chi connectivity index (χ1) is 6.33. The minimum Gasteiger partial charge on any atom is -0.459 e. The molecule has 0 aliphatic heterocycles. The van der Waals surface area contributed by atoms with Gasteiger partial charge in [-0.15, -0.1) is 0 Å². The molecular formula is C12H18O2. The molecule has 2 heteroatoms. The Kier molecular flexibility index (Phi) is 2.84. The van der Waals surface area contributed by atoms with Gasteiger partial charge in [-0.1, -0.05) is 24.3 Å². The van der Waals surface area contributed by atoms with Crippen LogP contribution >= 0.6 is 0 Å². The average molecular weight is 194 g/mol. The zero-order valence-electron chi connectivity index (χ0n) is 9.33. The monoisotopic (exact) mass is 194 g/mol. The van der Waals surface area contributed by atoms with Crippen molar-refractivity contribution in [3.63, 3.8) is 0 Å². The van der Waals surface area contributed by atoms with E-state index >= 15 is 0 Å². The van der Waals surface area contributed by atoms with Gasteiger partial charge < -0.3 is 4.74 Å². The molecule has 0 saturated carbocycles. The molecule has 1 aliphatic rings. The van der Waals surface area contributed by atoms with Crippen LogP contribution in [0.2, 0.25) is 0 Å². The Bertz CT molecular complexity index is 281. The molecule has 0 aromatic carbocycles. The van der Waals surface area contributed by atoms with Crippen molar-refractivity contribution in [1.29, 1.82) is 0 Å². The molecule has 1 atom stereocenters. The molecule has 0 heterocycles. The molecule has 0 bridgehead atoms. The molecule has 0 saturated heterocycles. The van der Waals surface area contributed by atoms with Crippen molar-refractivity contribution in [3.8, 4) is 0 Å². The highest BCUT2D eigenvalue weighted by Gasteiger charge is 2.34. The van der Waals surface area contributed by atoms with Crippen molar-refractivity contribution in [2.75, 3.05) is 0 Å². The molecule has 0 N–H and O–H groups in total. The first-order valence-electron chi connectivity index (χ1n) is 4.91. The van der Waals surface area contributed by atoms with Crippen LogP contribution in [-0.4, -0.2) is 11.6 Å². The number of carbonyl (C=O) groups excluding carboxylic acids is 1. The van der Waals surface area contributed by atoms with E-state index in [4.69, 9.17) is 4.74 Å². The van der Waals surface area contributed by atoms with Crippen LogP contribution in [-0.2, 0) is 9.53 Å². The van der Waals surface area contributed by atoms with Crippen molar-refractivity contribution in [1.82, 2.24) is 0 Å². The molecule has 78 valence electrons. The Morgan fingerprint density at radius 2 is 2.00 bits per heavy atom. The Balaban J connectivity index is 2.69. The summed E-state index contributed by atoms with van der Waals surface area (Å²) in [6, 6.07) is 0. The zero-order chi connectivity index (χ0) is 10.8. The van der Waals surface area contributed by atoms with E-state index in [9.17, 15) is 4.79 Å². The van der Waals surface area contributed by atoms with Crippen LogP contribution in [0.3, 0.4) is 0 Å². The maximum Gasteiger partial charge on any atom is 0.316 e. The van der Waals surface area contributed by atoms with Crippen LogP contribution < -0.4 is 0 Å². The highest BCUT2D eigenvalue weighted by atomic mass is 16.6. The van der Waals surface area contributed by atoms with Gasteiger partial charge >= 0.3 is 5.97 Å². The molecule has 0 radical (unpaired) electrons. The van der Waals surface area contributed by atoms with Crippen molar-refractivity contribution in [2.24, 2.45) is 5.41 Å². The zero-order valence-corrected chi connectivity index (χ0v) is 9.33. The SMILES string of the molecule is CC(C)(C)OC(=O)C1(C)C=CC=CC1. The molecule has 0 spiro atoms. The van der Waals surface area contributed by atoms with Crippen LogP contribution in [0.1, 0.15) is 34.1 Å². The number of hydrogen-bond acceptors (Lipinski definition) is 2. The molecule has 0 fully saturated rings. The summed E-state index contributed by atoms with van der Waals surface area (Å²) in [5.41, 5.74) is -0.892. The van der Waals surface area contributed by atoms with Gasteiger partial charge in [0.1, 0.15) is 5.60 Å². The molecule has 1 unspecified atom stereocenters. The fraction of sp³-hybridized carbons (Fsp3) is 0.583. The van der Waals surface area contributed by atoms with Crippen molar-refractivity contribution in [3.05, 3.63) is 24.3 Å². The maximum atomic E-state index is 11.8. The maximum absolute atomic E-state index is 11.8. The predicted octanol–water partition coefficient (Wildman–Crippen LogP) is 2.85. The third-order valence-corrected chi connectivity index (χ3v) is 2.12. The Morgan fingerprint density at radius 1 is 1.36 bits per heavy atom. The normalized spacial score (nSPS) is 26.3. The summed E-state index contributed by atoms with van der Waals surface area (Å²) in [6.07, 6.45) is 8.46. The van der Waals surface area contributed by atoms with Gasteiger partial charge in [0.2, 0.25) is 0 Å². The fourth-order valence-electron chi connectivity index (χ4n) is 1.27. The number of allylic oxidation sites excluding steroid dienone is 3. The van der Waals surface area contributed by atoms with E-state index in [0.717, 1.165) is 6.42 Å². The van der Waals surface area contributed by atoms with Crippen molar-refractivity contribution >= 4 is 5.97 Å². The average Bonchev–Trinajstić information content (AvgIpc) is 2.02. The van der Waals surface area contributed by atoms with Gasteiger partial charge in [0.25, 0.3) is 0 Å². The number of ether oxygens (including phenoxy) is 1. The second-order valence-corrected chi connectivity index (χ2v) is 4.91. The van der Waals surface area contributed by atoms with Gasteiger partial charge in [-0.25, -0.2) is 0 Å². The molecule has 2 nitrogen and oxygen atoms in total. The van der Waals surface area contributed by atoms with Crippen molar-refractivity contribution in [2.45, 2.75) is 39.7 Å². The lowest BCUT2D eigenvalue weighted by atomic mass is 9.84. The van der Waals surface area contributed by atoms with Crippen LogP contribution in [0.25, 0.3) is 0 Å². The molecule has 1 rings (SSSR count). The number of carbonyl (C=O) groups is 1. The van der Waals surface area contributed by atoms with Crippen molar-refractivity contribution < 1.29 is 9.53 Å². The first kappa shape index (κ1) is 11.0. The summed E-state index contributed by atoms with van der Waals surface area (Å²) in [7, 11) is 0. The largest absolute Gasteiger partial charge is 0.459 e. The van der Waals surface area contributed by atoms with Gasteiger partial charge in [-0.05, 0) is 34.1 Å². The third-order valence-electron chi connectivity index (χ3n) is 2.12. The molecular weight excluding hydrogens is 176 g/mol. The first-order valence-corrected chi connectivity index (χ1v) is 4.91. The lowest BCUT2D eigenvalue weighted by Gasteiger charge is -2.29.